The van der Waals surface area contributed by atoms with Crippen LogP contribution in [-0.2, 0) is 0 Å². The number of fused-ring (bicyclic) bond motifs is 2. The minimum Gasteiger partial charge on any atom is -0.495 e. The molecule has 1 N–H and O–H groups in total. The number of aromatic nitrogens is 4. The largest absolute Gasteiger partial charge is 0.495 e. The molecule has 0 unspecified atom stereocenters. The molecule has 24 heavy (non-hydrogen) atoms. The van der Waals surface area contributed by atoms with E-state index in [2.05, 4.69) is 15.0 Å². The highest BCUT2D eigenvalue weighted by Crippen LogP contribution is 2.30. The summed E-state index contributed by atoms with van der Waals surface area (Å²) in [5.41, 5.74) is 0.807. The second-order valence-corrected chi connectivity index (χ2v) is 5.15. The summed E-state index contributed by atoms with van der Waals surface area (Å²) < 4.78 is 7.14. The Hall–Kier alpha value is -3.48. The Bertz CT molecular complexity index is 1150. The Balaban J connectivity index is 2.27. The highest BCUT2D eigenvalue weighted by Gasteiger charge is 2.20. The van der Waals surface area contributed by atoms with Crippen LogP contribution in [0.1, 0.15) is 0 Å². The van der Waals surface area contributed by atoms with Gasteiger partial charge in [0.1, 0.15) is 5.75 Å². The number of H-pyrrole nitrogens is 1. The van der Waals surface area contributed by atoms with Crippen molar-refractivity contribution >= 4 is 11.0 Å². The van der Waals surface area contributed by atoms with Crippen LogP contribution < -0.4 is 16.0 Å². The number of ether oxygens (including phenoxy) is 1. The molecule has 0 saturated carbocycles. The fourth-order valence-electron chi connectivity index (χ4n) is 2.73. The normalized spacial score (nSPS) is 11.0. The summed E-state index contributed by atoms with van der Waals surface area (Å²) in [6.45, 7) is 0. The minimum atomic E-state index is -0.715. The van der Waals surface area contributed by atoms with E-state index in [1.54, 1.807) is 23.8 Å². The summed E-state index contributed by atoms with van der Waals surface area (Å²) in [6, 6.07) is 14.6. The van der Waals surface area contributed by atoms with E-state index >= 15 is 0 Å². The van der Waals surface area contributed by atoms with Gasteiger partial charge < -0.3 is 4.74 Å². The van der Waals surface area contributed by atoms with Crippen molar-refractivity contribution in [3.63, 3.8) is 0 Å². The summed E-state index contributed by atoms with van der Waals surface area (Å²) in [5, 5.41) is 0. The van der Waals surface area contributed by atoms with Crippen LogP contribution in [0, 0.1) is 0 Å². The fraction of sp³-hybridized carbons (Fsp3) is 0.0588. The Kier molecular flexibility index (Phi) is 3.13. The molecule has 0 radical (unpaired) electrons. The van der Waals surface area contributed by atoms with E-state index in [4.69, 9.17) is 4.74 Å². The molecular formula is C17H12N4O3. The third-order valence-corrected chi connectivity index (χ3v) is 3.75. The number of benzene rings is 2. The Morgan fingerprint density at radius 1 is 1.00 bits per heavy atom. The second kappa shape index (κ2) is 5.31. The molecule has 0 aliphatic carbocycles. The molecule has 0 atom stereocenters. The Labute approximate surface area is 135 Å². The van der Waals surface area contributed by atoms with Crippen molar-refractivity contribution in [3.05, 3.63) is 69.4 Å². The predicted octanol–water partition coefficient (Wildman–Crippen LogP) is 1.58. The first-order valence-corrected chi connectivity index (χ1v) is 7.24. The van der Waals surface area contributed by atoms with Gasteiger partial charge in [-0.15, -0.1) is 0 Å². The van der Waals surface area contributed by atoms with Gasteiger partial charge in [-0.1, -0.05) is 24.3 Å². The topological polar surface area (TPSA) is 89.9 Å². The van der Waals surface area contributed by atoms with Crippen LogP contribution in [0.25, 0.3) is 28.2 Å². The van der Waals surface area contributed by atoms with E-state index in [0.717, 1.165) is 0 Å². The number of hydrogen-bond acceptors (Lipinski definition) is 5. The number of hydrogen-bond donors (Lipinski definition) is 1. The lowest BCUT2D eigenvalue weighted by Gasteiger charge is -2.18. The third-order valence-electron chi connectivity index (χ3n) is 3.75. The molecule has 0 aromatic heterocycles. The van der Waals surface area contributed by atoms with Crippen LogP contribution in [0.2, 0.25) is 0 Å². The van der Waals surface area contributed by atoms with Crippen LogP contribution in [0.5, 0.6) is 5.75 Å². The maximum Gasteiger partial charge on any atom is 0.349 e. The molecule has 0 amide bonds. The van der Waals surface area contributed by atoms with E-state index in [-0.39, 0.29) is 11.5 Å². The maximum atomic E-state index is 12.2. The first-order valence-electron chi connectivity index (χ1n) is 7.24. The second-order valence-electron chi connectivity index (χ2n) is 5.15. The molecule has 0 bridgehead atoms. The highest BCUT2D eigenvalue weighted by molar-refractivity contribution is 5.82. The molecular weight excluding hydrogens is 308 g/mol. The molecule has 7 heteroatoms. The van der Waals surface area contributed by atoms with Crippen LogP contribution >= 0.6 is 0 Å². The van der Waals surface area contributed by atoms with Crippen LogP contribution in [0.4, 0.5) is 0 Å². The third kappa shape index (κ3) is 2.06. The number of rotatable bonds is 2. The molecule has 0 saturated heterocycles. The van der Waals surface area contributed by atoms with Gasteiger partial charge in [0.25, 0.3) is 5.56 Å². The summed E-state index contributed by atoms with van der Waals surface area (Å²) in [6.07, 6.45) is 0. The minimum absolute atomic E-state index is 0.0965. The van der Waals surface area contributed by atoms with Crippen molar-refractivity contribution < 1.29 is 4.74 Å². The smallest absolute Gasteiger partial charge is 0.349 e. The van der Waals surface area contributed by atoms with Gasteiger partial charge in [0.05, 0.1) is 23.8 Å². The molecule has 2 heterocycles. The monoisotopic (exact) mass is 320 g/mol. The first kappa shape index (κ1) is 14.1. The standard InChI is InChI=1S/C17H12N4O3/c1-24-13-9-5-4-8-12(13)21-11-7-3-2-6-10(11)18-14-15(21)19-17(23)20-16(14)22/h2-9H,1H3,(H,20,22,23). The SMILES string of the molecule is COc1ccccc1-n1c2nc(=O)[nH]c(=O)c-2nc2ccccc21. The zero-order valence-electron chi connectivity index (χ0n) is 12.7. The Morgan fingerprint density at radius 3 is 2.58 bits per heavy atom. The zero-order chi connectivity index (χ0) is 16.7. The number of para-hydroxylation sites is 4. The number of nitrogens with one attached hydrogen (secondary N) is 1. The van der Waals surface area contributed by atoms with Crippen molar-refractivity contribution in [2.75, 3.05) is 7.11 Å². The van der Waals surface area contributed by atoms with Gasteiger partial charge in [-0.25, -0.2) is 9.78 Å². The van der Waals surface area contributed by atoms with E-state index < -0.39 is 11.2 Å². The summed E-state index contributed by atoms with van der Waals surface area (Å²) in [4.78, 5) is 34.4. The van der Waals surface area contributed by atoms with Crippen LogP contribution in [0.3, 0.4) is 0 Å². The van der Waals surface area contributed by atoms with E-state index in [9.17, 15) is 9.59 Å². The van der Waals surface area contributed by atoms with Gasteiger partial charge in [-0.3, -0.25) is 14.3 Å². The molecule has 2 aromatic rings. The number of methoxy groups -OCH3 is 1. The van der Waals surface area contributed by atoms with Gasteiger partial charge in [0.2, 0.25) is 0 Å². The summed E-state index contributed by atoms with van der Waals surface area (Å²) >= 11 is 0. The van der Waals surface area contributed by atoms with Gasteiger partial charge in [0.15, 0.2) is 11.5 Å². The lowest BCUT2D eigenvalue weighted by Crippen LogP contribution is -2.28. The van der Waals surface area contributed by atoms with Crippen molar-refractivity contribution in [2.24, 2.45) is 0 Å². The lowest BCUT2D eigenvalue weighted by atomic mass is 10.2. The Morgan fingerprint density at radius 2 is 1.75 bits per heavy atom. The van der Waals surface area contributed by atoms with Crippen molar-refractivity contribution in [2.45, 2.75) is 0 Å². The van der Waals surface area contributed by atoms with Gasteiger partial charge in [-0.05, 0) is 24.3 Å². The van der Waals surface area contributed by atoms with Crippen LogP contribution in [-0.4, -0.2) is 26.6 Å². The molecule has 0 spiro atoms. The molecule has 118 valence electrons. The van der Waals surface area contributed by atoms with E-state index in [1.165, 1.54) is 0 Å². The molecule has 4 rings (SSSR count). The average Bonchev–Trinajstić information content (AvgIpc) is 2.60. The first-order chi connectivity index (χ1) is 11.7. The summed E-state index contributed by atoms with van der Waals surface area (Å²) in [5.74, 6) is 0.779. The lowest BCUT2D eigenvalue weighted by molar-refractivity contribution is 0.413. The molecule has 7 nitrogen and oxygen atoms in total. The molecule has 2 aliphatic rings. The van der Waals surface area contributed by atoms with Crippen LogP contribution in [0.15, 0.2) is 58.1 Å². The number of nitrogens with zero attached hydrogens (tertiary/aromatic N) is 3. The maximum absolute atomic E-state index is 12.2. The van der Waals surface area contributed by atoms with Crippen molar-refractivity contribution in [3.8, 4) is 23.0 Å². The van der Waals surface area contributed by atoms with Gasteiger partial charge >= 0.3 is 5.69 Å². The molecule has 2 aromatic carbocycles. The van der Waals surface area contributed by atoms with E-state index in [1.807, 2.05) is 36.4 Å². The van der Waals surface area contributed by atoms with Crippen molar-refractivity contribution in [1.29, 1.82) is 0 Å². The fourth-order valence-corrected chi connectivity index (χ4v) is 2.73. The zero-order valence-corrected chi connectivity index (χ0v) is 12.7. The quantitative estimate of drug-likeness (QED) is 0.566. The van der Waals surface area contributed by atoms with Gasteiger partial charge in [0, 0.05) is 0 Å². The summed E-state index contributed by atoms with van der Waals surface area (Å²) in [7, 11) is 1.56. The molecule has 0 fully saturated rings. The van der Waals surface area contributed by atoms with E-state index in [0.29, 0.717) is 22.5 Å². The molecule has 2 aliphatic heterocycles. The van der Waals surface area contributed by atoms with Crippen molar-refractivity contribution in [1.82, 2.24) is 19.5 Å². The number of aromatic amines is 1. The predicted molar refractivity (Wildman–Crippen MR) is 88.9 cm³/mol. The average molecular weight is 320 g/mol. The van der Waals surface area contributed by atoms with Gasteiger partial charge in [-0.2, -0.15) is 4.98 Å². The highest BCUT2D eigenvalue weighted by atomic mass is 16.5.